The fraction of sp³-hybridized carbons (Fsp3) is 0.875. The number of hydrogen-bond acceptors (Lipinski definition) is 3. The lowest BCUT2D eigenvalue weighted by Gasteiger charge is -2.10. The van der Waals surface area contributed by atoms with Crippen molar-refractivity contribution >= 4 is 0 Å². The molecule has 0 heterocycles. The number of nitrogens with zero attached hydrogens (tertiary/aromatic N) is 1. The lowest BCUT2D eigenvalue weighted by molar-refractivity contribution is 0.0139. The molecule has 0 saturated heterocycles. The highest BCUT2D eigenvalue weighted by Gasteiger charge is 2.08. The molecule has 1 atom stereocenters. The van der Waals surface area contributed by atoms with E-state index in [0.717, 1.165) is 6.42 Å². The maximum Gasteiger partial charge on any atom is 0.261 e. The van der Waals surface area contributed by atoms with E-state index in [9.17, 15) is 8.78 Å². The topological polar surface area (TPSA) is 45.0 Å². The van der Waals surface area contributed by atoms with Gasteiger partial charge in [0.25, 0.3) is 6.43 Å². The molecule has 5 heteroatoms. The van der Waals surface area contributed by atoms with Crippen molar-refractivity contribution in [2.24, 2.45) is 0 Å². The molecule has 0 aliphatic carbocycles. The van der Waals surface area contributed by atoms with Gasteiger partial charge in [-0.05, 0) is 13.0 Å². The van der Waals surface area contributed by atoms with Crippen LogP contribution in [0.25, 0.3) is 0 Å². The number of hydrogen-bond donors (Lipinski definition) is 1. The van der Waals surface area contributed by atoms with E-state index >= 15 is 0 Å². The Morgan fingerprint density at radius 3 is 2.62 bits per heavy atom. The summed E-state index contributed by atoms with van der Waals surface area (Å²) in [7, 11) is 0. The molecule has 0 bridgehead atoms. The highest BCUT2D eigenvalue weighted by molar-refractivity contribution is 4.89. The molecule has 0 aromatic heterocycles. The van der Waals surface area contributed by atoms with Crippen molar-refractivity contribution < 1.29 is 13.5 Å². The van der Waals surface area contributed by atoms with Crippen molar-refractivity contribution in [1.82, 2.24) is 5.32 Å². The average Bonchev–Trinajstić information content (AvgIpc) is 2.10. The van der Waals surface area contributed by atoms with Gasteiger partial charge in [-0.3, -0.25) is 0 Å². The van der Waals surface area contributed by atoms with Gasteiger partial charge in [-0.25, -0.2) is 8.78 Å². The number of ether oxygens (including phenoxy) is 1. The van der Waals surface area contributed by atoms with E-state index in [1.54, 1.807) is 0 Å². The second-order valence-corrected chi connectivity index (χ2v) is 2.56. The first kappa shape index (κ1) is 12.3. The fourth-order valence-electron chi connectivity index (χ4n) is 0.735. The van der Waals surface area contributed by atoms with Crippen LogP contribution in [-0.4, -0.2) is 32.2 Å². The van der Waals surface area contributed by atoms with E-state index in [1.165, 1.54) is 0 Å². The molecule has 0 aliphatic heterocycles. The standard InChI is InChI=1S/C8H14F2N2O/c1-2-3-12-7(4-11)5-13-6-8(9)10/h7-8,12H,2-3,5-6H2,1H3. The van der Waals surface area contributed by atoms with Gasteiger partial charge in [0.15, 0.2) is 0 Å². The van der Waals surface area contributed by atoms with Gasteiger partial charge >= 0.3 is 0 Å². The fourth-order valence-corrected chi connectivity index (χ4v) is 0.735. The molecule has 0 radical (unpaired) electrons. The third kappa shape index (κ3) is 7.62. The van der Waals surface area contributed by atoms with Crippen LogP contribution in [0.3, 0.4) is 0 Å². The number of rotatable bonds is 7. The summed E-state index contributed by atoms with van der Waals surface area (Å²) in [4.78, 5) is 0. The summed E-state index contributed by atoms with van der Waals surface area (Å²) in [5.74, 6) is 0. The highest BCUT2D eigenvalue weighted by atomic mass is 19.3. The van der Waals surface area contributed by atoms with E-state index in [2.05, 4.69) is 10.1 Å². The summed E-state index contributed by atoms with van der Waals surface area (Å²) in [6.45, 7) is 2.06. The molecule has 0 spiro atoms. The van der Waals surface area contributed by atoms with E-state index in [0.29, 0.717) is 6.54 Å². The molecule has 3 nitrogen and oxygen atoms in total. The lowest BCUT2D eigenvalue weighted by Crippen LogP contribution is -2.33. The summed E-state index contributed by atoms with van der Waals surface area (Å²) in [6.07, 6.45) is -1.57. The van der Waals surface area contributed by atoms with Crippen LogP contribution in [0.15, 0.2) is 0 Å². The monoisotopic (exact) mass is 192 g/mol. The van der Waals surface area contributed by atoms with Gasteiger partial charge in [0.05, 0.1) is 12.7 Å². The summed E-state index contributed by atoms with van der Waals surface area (Å²) in [5.41, 5.74) is 0. The zero-order chi connectivity index (χ0) is 10.1. The van der Waals surface area contributed by atoms with E-state index < -0.39 is 19.1 Å². The first-order valence-electron chi connectivity index (χ1n) is 4.19. The van der Waals surface area contributed by atoms with Crippen LogP contribution in [0.5, 0.6) is 0 Å². The summed E-state index contributed by atoms with van der Waals surface area (Å²) >= 11 is 0. The predicted octanol–water partition coefficient (Wildman–Crippen LogP) is 1.16. The second kappa shape index (κ2) is 7.90. The van der Waals surface area contributed by atoms with Crippen LogP contribution in [0.2, 0.25) is 0 Å². The van der Waals surface area contributed by atoms with Crippen molar-refractivity contribution in [3.63, 3.8) is 0 Å². The van der Waals surface area contributed by atoms with Gasteiger partial charge < -0.3 is 10.1 Å². The predicted molar refractivity (Wildman–Crippen MR) is 44.5 cm³/mol. The number of alkyl halides is 2. The van der Waals surface area contributed by atoms with Crippen LogP contribution >= 0.6 is 0 Å². The molecule has 0 rings (SSSR count). The molecule has 0 saturated carbocycles. The molecule has 0 aromatic rings. The molecule has 13 heavy (non-hydrogen) atoms. The minimum absolute atomic E-state index is 0.0147. The zero-order valence-electron chi connectivity index (χ0n) is 7.59. The normalized spacial score (nSPS) is 12.8. The molecule has 1 unspecified atom stereocenters. The Balaban J connectivity index is 3.44. The maximum absolute atomic E-state index is 11.6. The first-order chi connectivity index (χ1) is 6.20. The van der Waals surface area contributed by atoms with Gasteiger partial charge in [0.2, 0.25) is 0 Å². The molecular formula is C8H14F2N2O. The third-order valence-corrected chi connectivity index (χ3v) is 1.32. The van der Waals surface area contributed by atoms with Gasteiger partial charge in [-0.15, -0.1) is 0 Å². The Kier molecular flexibility index (Phi) is 7.45. The molecular weight excluding hydrogens is 178 g/mol. The number of halogens is 2. The Morgan fingerprint density at radius 2 is 2.15 bits per heavy atom. The smallest absolute Gasteiger partial charge is 0.261 e. The molecule has 0 aliphatic rings. The van der Waals surface area contributed by atoms with Gasteiger partial charge in [-0.1, -0.05) is 6.92 Å². The molecule has 0 fully saturated rings. The molecule has 76 valence electrons. The van der Waals surface area contributed by atoms with Crippen LogP contribution in [0, 0.1) is 11.3 Å². The molecule has 1 N–H and O–H groups in total. The van der Waals surface area contributed by atoms with Crippen molar-refractivity contribution in [1.29, 1.82) is 5.26 Å². The van der Waals surface area contributed by atoms with E-state index in [-0.39, 0.29) is 6.61 Å². The quantitative estimate of drug-likeness (QED) is 0.658. The summed E-state index contributed by atoms with van der Waals surface area (Å²) in [6, 6.07) is 1.44. The highest BCUT2D eigenvalue weighted by Crippen LogP contribution is 1.93. The summed E-state index contributed by atoms with van der Waals surface area (Å²) < 4.78 is 27.8. The SMILES string of the molecule is CCCNC(C#N)COCC(F)F. The molecule has 0 amide bonds. The Labute approximate surface area is 76.7 Å². The number of nitrogens with one attached hydrogen (secondary N) is 1. The largest absolute Gasteiger partial charge is 0.373 e. The van der Waals surface area contributed by atoms with Crippen molar-refractivity contribution in [2.75, 3.05) is 19.8 Å². The van der Waals surface area contributed by atoms with Crippen molar-refractivity contribution in [3.8, 4) is 6.07 Å². The molecule has 0 aromatic carbocycles. The van der Waals surface area contributed by atoms with Crippen molar-refractivity contribution in [3.05, 3.63) is 0 Å². The van der Waals surface area contributed by atoms with Crippen LogP contribution in [0.4, 0.5) is 8.78 Å². The van der Waals surface area contributed by atoms with Crippen LogP contribution in [0.1, 0.15) is 13.3 Å². The van der Waals surface area contributed by atoms with E-state index in [4.69, 9.17) is 5.26 Å². The average molecular weight is 192 g/mol. The Hall–Kier alpha value is -0.730. The summed E-state index contributed by atoms with van der Waals surface area (Å²) in [5, 5.41) is 11.4. The minimum Gasteiger partial charge on any atom is -0.373 e. The Morgan fingerprint density at radius 1 is 1.46 bits per heavy atom. The lowest BCUT2D eigenvalue weighted by atomic mass is 10.3. The Bertz CT molecular complexity index is 159. The van der Waals surface area contributed by atoms with Crippen LogP contribution < -0.4 is 5.32 Å². The maximum atomic E-state index is 11.6. The van der Waals surface area contributed by atoms with Gasteiger partial charge in [0, 0.05) is 0 Å². The zero-order valence-corrected chi connectivity index (χ0v) is 7.59. The van der Waals surface area contributed by atoms with Crippen LogP contribution in [-0.2, 0) is 4.74 Å². The van der Waals surface area contributed by atoms with Gasteiger partial charge in [-0.2, -0.15) is 5.26 Å². The van der Waals surface area contributed by atoms with Crippen molar-refractivity contribution in [2.45, 2.75) is 25.8 Å². The third-order valence-electron chi connectivity index (χ3n) is 1.32. The van der Waals surface area contributed by atoms with Gasteiger partial charge in [0.1, 0.15) is 12.6 Å². The second-order valence-electron chi connectivity index (χ2n) is 2.56. The number of nitriles is 1. The first-order valence-corrected chi connectivity index (χ1v) is 4.19. The minimum atomic E-state index is -2.47. The van der Waals surface area contributed by atoms with E-state index in [1.807, 2.05) is 13.0 Å².